The van der Waals surface area contributed by atoms with Crippen LogP contribution in [0.1, 0.15) is 52.9 Å². The van der Waals surface area contributed by atoms with Crippen LogP contribution in [0.2, 0.25) is 5.02 Å². The molecule has 0 fully saturated rings. The molecule has 126 valence electrons. The minimum absolute atomic E-state index is 0.0863. The fraction of sp³-hybridized carbons (Fsp3) is 0.316. The third kappa shape index (κ3) is 3.04. The molecule has 0 spiro atoms. The average Bonchev–Trinajstić information content (AvgIpc) is 2.60. The van der Waals surface area contributed by atoms with Gasteiger partial charge in [-0.25, -0.2) is 4.39 Å². The molecule has 5 heteroatoms. The summed E-state index contributed by atoms with van der Waals surface area (Å²) in [6, 6.07) is 7.81. The lowest BCUT2D eigenvalue weighted by molar-refractivity contribution is 0.103. The molecule has 1 aliphatic heterocycles. The van der Waals surface area contributed by atoms with Crippen molar-refractivity contribution in [1.29, 1.82) is 0 Å². The molecular formula is C19H19ClFNO2. The summed E-state index contributed by atoms with van der Waals surface area (Å²) in [5, 5.41) is 0.0863. The van der Waals surface area contributed by atoms with Crippen LogP contribution in [-0.4, -0.2) is 12.4 Å². The highest BCUT2D eigenvalue weighted by Gasteiger charge is 2.24. The maximum absolute atomic E-state index is 14.8. The lowest BCUT2D eigenvalue weighted by atomic mass is 9.95. The van der Waals surface area contributed by atoms with Crippen molar-refractivity contribution in [2.75, 3.05) is 6.61 Å². The number of carbonyl (C=O) groups excluding carboxylic acids is 1. The van der Waals surface area contributed by atoms with Gasteiger partial charge in [0.2, 0.25) is 0 Å². The number of halogens is 2. The summed E-state index contributed by atoms with van der Waals surface area (Å²) in [4.78, 5) is 12.8. The van der Waals surface area contributed by atoms with Crippen molar-refractivity contribution in [2.24, 2.45) is 5.73 Å². The summed E-state index contributed by atoms with van der Waals surface area (Å²) in [5.74, 6) is -0.412. The van der Waals surface area contributed by atoms with Gasteiger partial charge in [-0.05, 0) is 37.0 Å². The number of hydrogen-bond donors (Lipinski definition) is 1. The second-order valence-corrected chi connectivity index (χ2v) is 6.35. The quantitative estimate of drug-likeness (QED) is 0.831. The Labute approximate surface area is 145 Å². The Bertz CT molecular complexity index is 791. The highest BCUT2D eigenvalue weighted by atomic mass is 35.5. The van der Waals surface area contributed by atoms with E-state index in [1.54, 1.807) is 18.2 Å². The van der Waals surface area contributed by atoms with Crippen LogP contribution in [0.15, 0.2) is 30.3 Å². The van der Waals surface area contributed by atoms with Gasteiger partial charge in [0.25, 0.3) is 0 Å². The van der Waals surface area contributed by atoms with Gasteiger partial charge in [0.15, 0.2) is 5.78 Å². The van der Waals surface area contributed by atoms with Crippen LogP contribution in [-0.2, 0) is 6.42 Å². The standard InChI is InChI=1S/C19H19ClFNO2/c1-2-15(22)13-7-8-14(20)17(18(13)21)19(23)12-6-5-11-4-3-9-24-16(11)10-12/h5-8,10,15H,2-4,9,22H2,1H3/t15-/m1/s1. The first-order chi connectivity index (χ1) is 11.5. The van der Waals surface area contributed by atoms with E-state index >= 15 is 0 Å². The third-order valence-electron chi connectivity index (χ3n) is 4.36. The Morgan fingerprint density at radius 1 is 1.38 bits per heavy atom. The summed E-state index contributed by atoms with van der Waals surface area (Å²) in [6.07, 6.45) is 2.44. The summed E-state index contributed by atoms with van der Waals surface area (Å²) < 4.78 is 20.4. The minimum atomic E-state index is -0.638. The summed E-state index contributed by atoms with van der Waals surface area (Å²) in [5.41, 5.74) is 7.53. The van der Waals surface area contributed by atoms with Gasteiger partial charge in [-0.1, -0.05) is 36.7 Å². The van der Waals surface area contributed by atoms with Crippen molar-refractivity contribution in [3.05, 3.63) is 63.4 Å². The van der Waals surface area contributed by atoms with Gasteiger partial charge in [0.1, 0.15) is 11.6 Å². The third-order valence-corrected chi connectivity index (χ3v) is 4.68. The number of ketones is 1. The average molecular weight is 348 g/mol. The van der Waals surface area contributed by atoms with Crippen molar-refractivity contribution in [3.8, 4) is 5.75 Å². The van der Waals surface area contributed by atoms with E-state index < -0.39 is 17.6 Å². The van der Waals surface area contributed by atoms with Crippen LogP contribution in [0.4, 0.5) is 4.39 Å². The number of hydrogen-bond acceptors (Lipinski definition) is 3. The Hall–Kier alpha value is -1.91. The van der Waals surface area contributed by atoms with Crippen molar-refractivity contribution in [3.63, 3.8) is 0 Å². The first-order valence-corrected chi connectivity index (χ1v) is 8.44. The smallest absolute Gasteiger partial charge is 0.197 e. The van der Waals surface area contributed by atoms with Crippen LogP contribution < -0.4 is 10.5 Å². The second-order valence-electron chi connectivity index (χ2n) is 5.94. The number of rotatable bonds is 4. The van der Waals surface area contributed by atoms with E-state index in [-0.39, 0.29) is 10.6 Å². The number of fused-ring (bicyclic) bond motifs is 1. The first kappa shape index (κ1) is 16.9. The van der Waals surface area contributed by atoms with E-state index in [1.807, 2.05) is 13.0 Å². The van der Waals surface area contributed by atoms with E-state index in [0.717, 1.165) is 18.4 Å². The number of nitrogens with two attached hydrogens (primary N) is 1. The SMILES string of the molecule is CC[C@@H](N)c1ccc(Cl)c(C(=O)c2ccc3c(c2)OCCC3)c1F. The van der Waals surface area contributed by atoms with Crippen LogP contribution in [0, 0.1) is 5.82 Å². The predicted molar refractivity (Wildman–Crippen MR) is 92.3 cm³/mol. The molecule has 0 unspecified atom stereocenters. The van der Waals surface area contributed by atoms with Crippen LogP contribution in [0.3, 0.4) is 0 Å². The summed E-state index contributed by atoms with van der Waals surface area (Å²) in [6.45, 7) is 2.49. The fourth-order valence-electron chi connectivity index (χ4n) is 2.91. The molecular weight excluding hydrogens is 329 g/mol. The zero-order valence-electron chi connectivity index (χ0n) is 13.4. The lowest BCUT2D eigenvalue weighted by Crippen LogP contribution is -2.15. The normalized spacial score (nSPS) is 14.7. The number of carbonyl (C=O) groups is 1. The van der Waals surface area contributed by atoms with Gasteiger partial charge in [-0.3, -0.25) is 4.79 Å². The maximum atomic E-state index is 14.8. The molecule has 0 radical (unpaired) electrons. The number of ether oxygens (including phenoxy) is 1. The van der Waals surface area contributed by atoms with E-state index in [9.17, 15) is 9.18 Å². The Morgan fingerprint density at radius 2 is 2.17 bits per heavy atom. The van der Waals surface area contributed by atoms with Crippen LogP contribution in [0.25, 0.3) is 0 Å². The van der Waals surface area contributed by atoms with Crippen LogP contribution in [0.5, 0.6) is 5.75 Å². The van der Waals surface area contributed by atoms with E-state index in [1.165, 1.54) is 6.07 Å². The highest BCUT2D eigenvalue weighted by molar-refractivity contribution is 6.35. The molecule has 0 saturated heterocycles. The molecule has 3 rings (SSSR count). The monoisotopic (exact) mass is 347 g/mol. The molecule has 1 heterocycles. The van der Waals surface area contributed by atoms with Gasteiger partial charge in [0.05, 0.1) is 17.2 Å². The van der Waals surface area contributed by atoms with Crippen molar-refractivity contribution in [1.82, 2.24) is 0 Å². The molecule has 2 aromatic rings. The zero-order chi connectivity index (χ0) is 17.3. The topological polar surface area (TPSA) is 52.3 Å². The molecule has 2 N–H and O–H groups in total. The van der Waals surface area contributed by atoms with E-state index in [2.05, 4.69) is 0 Å². The van der Waals surface area contributed by atoms with E-state index in [0.29, 0.717) is 29.9 Å². The molecule has 24 heavy (non-hydrogen) atoms. The molecule has 0 aromatic heterocycles. The van der Waals surface area contributed by atoms with Crippen molar-refractivity contribution in [2.45, 2.75) is 32.2 Å². The van der Waals surface area contributed by atoms with Gasteiger partial charge in [0, 0.05) is 17.2 Å². The fourth-order valence-corrected chi connectivity index (χ4v) is 3.14. The Morgan fingerprint density at radius 3 is 2.92 bits per heavy atom. The van der Waals surface area contributed by atoms with Gasteiger partial charge in [-0.15, -0.1) is 0 Å². The molecule has 0 amide bonds. The maximum Gasteiger partial charge on any atom is 0.197 e. The van der Waals surface area contributed by atoms with Crippen molar-refractivity contribution >= 4 is 17.4 Å². The molecule has 0 bridgehead atoms. The van der Waals surface area contributed by atoms with Gasteiger partial charge in [-0.2, -0.15) is 0 Å². The first-order valence-electron chi connectivity index (χ1n) is 8.06. The van der Waals surface area contributed by atoms with Gasteiger partial charge >= 0.3 is 0 Å². The van der Waals surface area contributed by atoms with Crippen molar-refractivity contribution < 1.29 is 13.9 Å². The molecule has 1 atom stereocenters. The molecule has 0 aliphatic carbocycles. The summed E-state index contributed by atoms with van der Waals surface area (Å²) >= 11 is 6.10. The second kappa shape index (κ2) is 6.91. The zero-order valence-corrected chi connectivity index (χ0v) is 14.2. The molecule has 3 nitrogen and oxygen atoms in total. The lowest BCUT2D eigenvalue weighted by Gasteiger charge is -2.18. The van der Waals surface area contributed by atoms with Crippen LogP contribution >= 0.6 is 11.6 Å². The predicted octanol–water partition coefficient (Wildman–Crippen LogP) is 4.44. The molecule has 0 saturated carbocycles. The van der Waals surface area contributed by atoms with E-state index in [4.69, 9.17) is 22.1 Å². The molecule has 2 aromatic carbocycles. The number of benzene rings is 2. The Kier molecular flexibility index (Phi) is 4.88. The van der Waals surface area contributed by atoms with Gasteiger partial charge < -0.3 is 10.5 Å². The minimum Gasteiger partial charge on any atom is -0.493 e. The highest BCUT2D eigenvalue weighted by Crippen LogP contribution is 2.31. The Balaban J connectivity index is 2.04. The largest absolute Gasteiger partial charge is 0.493 e. The number of aryl methyl sites for hydroxylation is 1. The summed E-state index contributed by atoms with van der Waals surface area (Å²) in [7, 11) is 0. The molecule has 1 aliphatic rings.